The first-order valence-electron chi connectivity index (χ1n) is 10.7. The van der Waals surface area contributed by atoms with Gasteiger partial charge in [0.1, 0.15) is 5.82 Å². The number of anilines is 1. The number of halogens is 2. The van der Waals surface area contributed by atoms with Crippen molar-refractivity contribution >= 4 is 34.7 Å². The molecule has 160 valence electrons. The predicted molar refractivity (Wildman–Crippen MR) is 125 cm³/mol. The van der Waals surface area contributed by atoms with E-state index in [2.05, 4.69) is 5.32 Å². The lowest BCUT2D eigenvalue weighted by atomic mass is 9.88. The van der Waals surface area contributed by atoms with E-state index in [-0.39, 0.29) is 17.9 Å². The molecule has 0 fully saturated rings. The summed E-state index contributed by atoms with van der Waals surface area (Å²) in [6, 6.07) is 11.7. The van der Waals surface area contributed by atoms with Crippen molar-refractivity contribution in [1.82, 2.24) is 4.90 Å². The van der Waals surface area contributed by atoms with E-state index in [4.69, 9.17) is 11.6 Å². The molecule has 0 saturated carbocycles. The fourth-order valence-corrected chi connectivity index (χ4v) is 6.53. The maximum Gasteiger partial charge on any atom is 0.322 e. The lowest BCUT2D eigenvalue weighted by molar-refractivity contribution is 0.195. The molecule has 0 bridgehead atoms. The summed E-state index contributed by atoms with van der Waals surface area (Å²) in [5.41, 5.74) is 5.42. The Morgan fingerprint density at radius 2 is 1.87 bits per heavy atom. The van der Waals surface area contributed by atoms with Gasteiger partial charge in [-0.1, -0.05) is 29.8 Å². The summed E-state index contributed by atoms with van der Waals surface area (Å²) < 4.78 is 13.7. The van der Waals surface area contributed by atoms with Gasteiger partial charge in [0.25, 0.3) is 0 Å². The number of urea groups is 1. The van der Waals surface area contributed by atoms with E-state index in [1.807, 2.05) is 41.4 Å². The number of fused-ring (bicyclic) bond motifs is 3. The first-order chi connectivity index (χ1) is 15.0. The van der Waals surface area contributed by atoms with Gasteiger partial charge in [-0.15, -0.1) is 11.3 Å². The van der Waals surface area contributed by atoms with Crippen LogP contribution in [0.4, 0.5) is 14.9 Å². The lowest BCUT2D eigenvalue weighted by Crippen LogP contribution is -2.42. The summed E-state index contributed by atoms with van der Waals surface area (Å²) in [5, 5.41) is 3.68. The molecule has 0 saturated heterocycles. The molecular weight excluding hydrogens is 431 g/mol. The molecule has 3 nitrogen and oxygen atoms in total. The van der Waals surface area contributed by atoms with Crippen molar-refractivity contribution in [2.24, 2.45) is 0 Å². The zero-order valence-electron chi connectivity index (χ0n) is 17.4. The van der Waals surface area contributed by atoms with Gasteiger partial charge in [0.05, 0.1) is 6.04 Å². The fourth-order valence-electron chi connectivity index (χ4n) is 4.78. The number of nitrogens with one attached hydrogen (secondary N) is 1. The van der Waals surface area contributed by atoms with Gasteiger partial charge >= 0.3 is 6.03 Å². The van der Waals surface area contributed by atoms with Gasteiger partial charge in [0.15, 0.2) is 0 Å². The number of carbonyl (C=O) groups is 1. The summed E-state index contributed by atoms with van der Waals surface area (Å²) >= 11 is 8.09. The van der Waals surface area contributed by atoms with E-state index in [1.165, 1.54) is 45.9 Å². The third-order valence-corrected chi connectivity index (χ3v) is 8.23. The SMILES string of the molecule is Cc1c(Cl)cccc1NC(=O)N1CCc2c(sc3c2CCCC3)[C@@H]1c1ccc(F)cc1. The number of hydrogen-bond donors (Lipinski definition) is 1. The van der Waals surface area contributed by atoms with Crippen molar-refractivity contribution in [1.29, 1.82) is 0 Å². The van der Waals surface area contributed by atoms with Crippen LogP contribution < -0.4 is 5.32 Å². The molecule has 2 heterocycles. The van der Waals surface area contributed by atoms with Crippen molar-refractivity contribution in [3.63, 3.8) is 0 Å². The monoisotopic (exact) mass is 454 g/mol. The molecule has 2 aliphatic rings. The quantitative estimate of drug-likeness (QED) is 0.448. The number of amides is 2. The van der Waals surface area contributed by atoms with Crippen LogP contribution in [0, 0.1) is 12.7 Å². The minimum Gasteiger partial charge on any atom is -0.312 e. The van der Waals surface area contributed by atoms with E-state index >= 15 is 0 Å². The Balaban J connectivity index is 1.54. The highest BCUT2D eigenvalue weighted by atomic mass is 35.5. The standard InChI is InChI=1S/C25H24ClFN2OS/c1-15-20(26)6-4-7-21(15)28-25(30)29-14-13-19-18-5-2-3-8-22(18)31-24(19)23(29)16-9-11-17(27)12-10-16/h4,6-7,9-12,23H,2-3,5,8,13-14H2,1H3,(H,28,30)/t23-/m0/s1. The molecule has 5 rings (SSSR count). The minimum atomic E-state index is -0.268. The third-order valence-electron chi connectivity index (χ3n) is 6.43. The van der Waals surface area contributed by atoms with Crippen LogP contribution in [-0.4, -0.2) is 17.5 Å². The molecule has 1 N–H and O–H groups in total. The number of nitrogens with zero attached hydrogens (tertiary/aromatic N) is 1. The second-order valence-corrected chi connectivity index (χ2v) is 9.84. The molecule has 31 heavy (non-hydrogen) atoms. The first-order valence-corrected chi connectivity index (χ1v) is 11.9. The summed E-state index contributed by atoms with van der Waals surface area (Å²) in [6.07, 6.45) is 5.57. The molecule has 0 radical (unpaired) electrons. The lowest BCUT2D eigenvalue weighted by Gasteiger charge is -2.36. The largest absolute Gasteiger partial charge is 0.322 e. The average molecular weight is 455 g/mol. The van der Waals surface area contributed by atoms with E-state index in [0.29, 0.717) is 17.3 Å². The zero-order valence-corrected chi connectivity index (χ0v) is 19.0. The van der Waals surface area contributed by atoms with Crippen molar-refractivity contribution in [3.8, 4) is 0 Å². The van der Waals surface area contributed by atoms with Crippen LogP contribution in [0.15, 0.2) is 42.5 Å². The van der Waals surface area contributed by atoms with Crippen LogP contribution in [0.2, 0.25) is 5.02 Å². The van der Waals surface area contributed by atoms with Gasteiger partial charge in [-0.25, -0.2) is 9.18 Å². The Kier molecular flexibility index (Phi) is 5.49. The van der Waals surface area contributed by atoms with Crippen molar-refractivity contribution in [2.75, 3.05) is 11.9 Å². The molecule has 0 spiro atoms. The number of aryl methyl sites for hydroxylation is 1. The van der Waals surface area contributed by atoms with Crippen molar-refractivity contribution in [3.05, 3.63) is 85.3 Å². The summed E-state index contributed by atoms with van der Waals surface area (Å²) in [4.78, 5) is 18.0. The molecular formula is C25H24ClFN2OS. The maximum atomic E-state index is 13.7. The van der Waals surface area contributed by atoms with Gasteiger partial charge in [0.2, 0.25) is 0 Å². The Labute approximate surface area is 190 Å². The normalized spacial score (nSPS) is 17.8. The molecule has 2 amide bonds. The van der Waals surface area contributed by atoms with Crippen LogP contribution >= 0.6 is 22.9 Å². The summed E-state index contributed by atoms with van der Waals surface area (Å²) in [7, 11) is 0. The molecule has 1 aliphatic heterocycles. The third kappa shape index (κ3) is 3.74. The van der Waals surface area contributed by atoms with E-state index in [9.17, 15) is 9.18 Å². The average Bonchev–Trinajstić information content (AvgIpc) is 3.15. The molecule has 1 atom stereocenters. The highest BCUT2D eigenvalue weighted by Crippen LogP contribution is 2.45. The molecule has 3 aromatic rings. The molecule has 6 heteroatoms. The minimum absolute atomic E-state index is 0.156. The topological polar surface area (TPSA) is 32.3 Å². The Hall–Kier alpha value is -2.37. The number of rotatable bonds is 2. The van der Waals surface area contributed by atoms with Gasteiger partial charge in [-0.2, -0.15) is 0 Å². The van der Waals surface area contributed by atoms with Crippen molar-refractivity contribution in [2.45, 2.75) is 45.1 Å². The molecule has 1 aliphatic carbocycles. The first kappa shape index (κ1) is 20.5. The summed E-state index contributed by atoms with van der Waals surface area (Å²) in [5.74, 6) is -0.268. The molecule has 0 unspecified atom stereocenters. The van der Waals surface area contributed by atoms with E-state index < -0.39 is 0 Å². The van der Waals surface area contributed by atoms with E-state index in [1.54, 1.807) is 12.1 Å². The van der Waals surface area contributed by atoms with Crippen LogP contribution in [0.5, 0.6) is 0 Å². The zero-order chi connectivity index (χ0) is 21.5. The van der Waals surface area contributed by atoms with Gasteiger partial charge < -0.3 is 10.2 Å². The number of hydrogen-bond acceptors (Lipinski definition) is 2. The second-order valence-electron chi connectivity index (χ2n) is 8.29. The fraction of sp³-hybridized carbons (Fsp3) is 0.320. The molecule has 2 aromatic carbocycles. The van der Waals surface area contributed by atoms with Crippen molar-refractivity contribution < 1.29 is 9.18 Å². The van der Waals surface area contributed by atoms with Gasteiger partial charge in [-0.05, 0) is 85.5 Å². The summed E-state index contributed by atoms with van der Waals surface area (Å²) in [6.45, 7) is 2.53. The highest BCUT2D eigenvalue weighted by molar-refractivity contribution is 7.12. The number of carbonyl (C=O) groups excluding carboxylic acids is 1. The maximum absolute atomic E-state index is 13.7. The highest BCUT2D eigenvalue weighted by Gasteiger charge is 2.36. The predicted octanol–water partition coefficient (Wildman–Crippen LogP) is 6.91. The van der Waals surface area contributed by atoms with E-state index in [0.717, 1.165) is 30.4 Å². The molecule has 1 aromatic heterocycles. The number of thiophene rings is 1. The van der Waals surface area contributed by atoms with Crippen LogP contribution in [-0.2, 0) is 19.3 Å². The van der Waals surface area contributed by atoms with Crippen LogP contribution in [0.1, 0.15) is 50.9 Å². The number of benzene rings is 2. The van der Waals surface area contributed by atoms with Crippen LogP contribution in [0.25, 0.3) is 0 Å². The Morgan fingerprint density at radius 1 is 1.10 bits per heavy atom. The Bertz CT molecular complexity index is 1140. The smallest absolute Gasteiger partial charge is 0.312 e. The Morgan fingerprint density at radius 3 is 2.68 bits per heavy atom. The van der Waals surface area contributed by atoms with Gasteiger partial charge in [0, 0.05) is 27.0 Å². The second kappa shape index (κ2) is 8.29. The van der Waals surface area contributed by atoms with Crippen LogP contribution in [0.3, 0.4) is 0 Å². The van der Waals surface area contributed by atoms with Gasteiger partial charge in [-0.3, -0.25) is 0 Å².